The molecule has 5 nitrogen and oxygen atoms in total. The van der Waals surface area contributed by atoms with Gasteiger partial charge in [0.2, 0.25) is 11.9 Å². The summed E-state index contributed by atoms with van der Waals surface area (Å²) in [6.07, 6.45) is 4.23. The Balaban J connectivity index is 1.81. The van der Waals surface area contributed by atoms with Gasteiger partial charge in [0.25, 0.3) is 0 Å². The molecule has 76 valence electrons. The maximum Gasteiger partial charge on any atom is 0.248 e. The lowest BCUT2D eigenvalue weighted by Crippen LogP contribution is -2.21. The number of H-pyrrole nitrogens is 1. The van der Waals surface area contributed by atoms with Gasteiger partial charge in [-0.1, -0.05) is 6.42 Å². The molecule has 14 heavy (non-hydrogen) atoms. The van der Waals surface area contributed by atoms with E-state index in [9.17, 15) is 4.79 Å². The monoisotopic (exact) mass is 194 g/mol. The van der Waals surface area contributed by atoms with Gasteiger partial charge in [-0.25, -0.2) is 0 Å². The number of nitrogens with one attached hydrogen (secondary N) is 2. The molecule has 0 radical (unpaired) electrons. The van der Waals surface area contributed by atoms with E-state index in [0.717, 1.165) is 0 Å². The number of carbonyl (C=O) groups is 1. The first-order chi connectivity index (χ1) is 6.74. The van der Waals surface area contributed by atoms with Crippen LogP contribution in [0.2, 0.25) is 0 Å². The lowest BCUT2D eigenvalue weighted by Gasteiger charge is -2.23. The Bertz CT molecular complexity index is 329. The second kappa shape index (κ2) is 3.77. The number of nitrogens with zero attached hydrogens (tertiary/aromatic N) is 2. The van der Waals surface area contributed by atoms with Crippen LogP contribution < -0.4 is 5.32 Å². The summed E-state index contributed by atoms with van der Waals surface area (Å²) in [7, 11) is 0. The lowest BCUT2D eigenvalue weighted by atomic mass is 9.83. The van der Waals surface area contributed by atoms with Crippen LogP contribution >= 0.6 is 0 Å². The third-order valence-corrected chi connectivity index (χ3v) is 2.55. The van der Waals surface area contributed by atoms with Crippen molar-refractivity contribution in [1.29, 1.82) is 0 Å². The molecule has 1 aliphatic rings. The van der Waals surface area contributed by atoms with Crippen LogP contribution in [0.1, 0.15) is 31.5 Å². The summed E-state index contributed by atoms with van der Waals surface area (Å²) in [4.78, 5) is 15.4. The van der Waals surface area contributed by atoms with Crippen LogP contribution in [0.4, 0.5) is 5.95 Å². The van der Waals surface area contributed by atoms with Crippen LogP contribution in [0.15, 0.2) is 0 Å². The summed E-state index contributed by atoms with van der Waals surface area (Å²) in [5.74, 6) is 1.69. The zero-order valence-electron chi connectivity index (χ0n) is 8.21. The molecule has 0 unspecified atom stereocenters. The number of aromatic nitrogens is 3. The topological polar surface area (TPSA) is 70.7 Å². The maximum absolute atomic E-state index is 11.4. The van der Waals surface area contributed by atoms with Gasteiger partial charge >= 0.3 is 0 Å². The van der Waals surface area contributed by atoms with Crippen molar-refractivity contribution in [1.82, 2.24) is 15.2 Å². The number of amides is 1. The van der Waals surface area contributed by atoms with E-state index >= 15 is 0 Å². The van der Waals surface area contributed by atoms with E-state index in [-0.39, 0.29) is 5.91 Å². The van der Waals surface area contributed by atoms with E-state index in [4.69, 9.17) is 0 Å². The summed E-state index contributed by atoms with van der Waals surface area (Å²) >= 11 is 0. The first-order valence-corrected chi connectivity index (χ1v) is 4.93. The molecule has 1 fully saturated rings. The Morgan fingerprint density at radius 1 is 1.64 bits per heavy atom. The second-order valence-corrected chi connectivity index (χ2v) is 3.79. The molecule has 0 saturated heterocycles. The van der Waals surface area contributed by atoms with Crippen molar-refractivity contribution >= 4 is 11.9 Å². The number of rotatable bonds is 3. The van der Waals surface area contributed by atoms with Gasteiger partial charge in [-0.2, -0.15) is 4.98 Å². The van der Waals surface area contributed by atoms with Gasteiger partial charge in [0.15, 0.2) is 0 Å². The van der Waals surface area contributed by atoms with Crippen LogP contribution in [0.5, 0.6) is 0 Å². The van der Waals surface area contributed by atoms with Crippen LogP contribution in [-0.2, 0) is 4.79 Å². The van der Waals surface area contributed by atoms with E-state index in [0.29, 0.717) is 24.1 Å². The van der Waals surface area contributed by atoms with Gasteiger partial charge in [-0.3, -0.25) is 15.2 Å². The molecular weight excluding hydrogens is 180 g/mol. The number of carbonyl (C=O) groups excluding carboxylic acids is 1. The Kier molecular flexibility index (Phi) is 2.47. The zero-order valence-corrected chi connectivity index (χ0v) is 8.21. The highest BCUT2D eigenvalue weighted by molar-refractivity contribution is 5.89. The van der Waals surface area contributed by atoms with Gasteiger partial charge in [-0.05, 0) is 25.7 Å². The summed E-state index contributed by atoms with van der Waals surface area (Å²) in [6.45, 7) is 1.80. The molecule has 1 heterocycles. The Hall–Kier alpha value is -1.39. The van der Waals surface area contributed by atoms with Crippen molar-refractivity contribution in [3.05, 3.63) is 5.82 Å². The van der Waals surface area contributed by atoms with Crippen LogP contribution in [-0.4, -0.2) is 21.1 Å². The summed E-state index contributed by atoms with van der Waals surface area (Å²) in [6, 6.07) is 0. The minimum absolute atomic E-state index is 0.0219. The number of hydrogen-bond donors (Lipinski definition) is 2. The predicted octanol–water partition coefficient (Wildman–Crippen LogP) is 1.24. The summed E-state index contributed by atoms with van der Waals surface area (Å²) in [5.41, 5.74) is 0. The Morgan fingerprint density at radius 3 is 2.93 bits per heavy atom. The van der Waals surface area contributed by atoms with E-state index < -0.39 is 0 Å². The van der Waals surface area contributed by atoms with E-state index in [1.165, 1.54) is 19.3 Å². The molecule has 1 aromatic rings. The van der Waals surface area contributed by atoms with Gasteiger partial charge in [-0.15, -0.1) is 5.10 Å². The first-order valence-electron chi connectivity index (χ1n) is 4.93. The quantitative estimate of drug-likeness (QED) is 0.760. The van der Waals surface area contributed by atoms with Crippen molar-refractivity contribution in [2.45, 2.75) is 32.6 Å². The van der Waals surface area contributed by atoms with Crippen molar-refractivity contribution < 1.29 is 4.79 Å². The van der Waals surface area contributed by atoms with Crippen molar-refractivity contribution in [2.75, 3.05) is 5.32 Å². The van der Waals surface area contributed by atoms with Gasteiger partial charge in [0.1, 0.15) is 5.82 Å². The average molecular weight is 194 g/mol. The number of aromatic amines is 1. The largest absolute Gasteiger partial charge is 0.293 e. The predicted molar refractivity (Wildman–Crippen MR) is 51.7 cm³/mol. The molecule has 0 spiro atoms. The van der Waals surface area contributed by atoms with Crippen LogP contribution in [0.3, 0.4) is 0 Å². The number of hydrogen-bond acceptors (Lipinski definition) is 3. The van der Waals surface area contributed by atoms with Gasteiger partial charge < -0.3 is 0 Å². The molecular formula is C9H14N4O. The second-order valence-electron chi connectivity index (χ2n) is 3.79. The highest BCUT2D eigenvalue weighted by Crippen LogP contribution is 2.29. The first kappa shape index (κ1) is 9.18. The molecule has 1 saturated carbocycles. The standard InChI is InChI=1S/C9H14N4O/c1-6-10-9(13-12-6)11-8(14)5-7-3-2-4-7/h7H,2-5H2,1H3,(H2,10,11,12,13,14). The molecule has 5 heteroatoms. The zero-order chi connectivity index (χ0) is 9.97. The summed E-state index contributed by atoms with van der Waals surface area (Å²) in [5, 5.41) is 9.19. The third kappa shape index (κ3) is 2.10. The SMILES string of the molecule is Cc1nc(NC(=O)CC2CCC2)n[nH]1. The van der Waals surface area contributed by atoms with Crippen molar-refractivity contribution in [3.63, 3.8) is 0 Å². The normalized spacial score (nSPS) is 16.4. The molecule has 0 bridgehead atoms. The van der Waals surface area contributed by atoms with Crippen LogP contribution in [0, 0.1) is 12.8 Å². The van der Waals surface area contributed by atoms with Crippen molar-refractivity contribution in [2.24, 2.45) is 5.92 Å². The molecule has 1 aliphatic carbocycles. The minimum atomic E-state index is 0.0219. The van der Waals surface area contributed by atoms with Crippen molar-refractivity contribution in [3.8, 4) is 0 Å². The minimum Gasteiger partial charge on any atom is -0.293 e. The highest BCUT2D eigenvalue weighted by atomic mass is 16.1. The fraction of sp³-hybridized carbons (Fsp3) is 0.667. The van der Waals surface area contributed by atoms with E-state index in [2.05, 4.69) is 20.5 Å². The molecule has 2 N–H and O–H groups in total. The van der Waals surface area contributed by atoms with E-state index in [1.807, 2.05) is 0 Å². The number of aryl methyl sites for hydroxylation is 1. The summed E-state index contributed by atoms with van der Waals surface area (Å²) < 4.78 is 0. The fourth-order valence-corrected chi connectivity index (χ4v) is 1.53. The Morgan fingerprint density at radius 2 is 2.43 bits per heavy atom. The van der Waals surface area contributed by atoms with Gasteiger partial charge in [0, 0.05) is 6.42 Å². The Labute approximate surface area is 82.3 Å². The third-order valence-electron chi connectivity index (χ3n) is 2.55. The average Bonchev–Trinajstić information content (AvgIpc) is 2.44. The number of anilines is 1. The molecule has 1 amide bonds. The maximum atomic E-state index is 11.4. The molecule has 1 aromatic heterocycles. The highest BCUT2D eigenvalue weighted by Gasteiger charge is 2.20. The van der Waals surface area contributed by atoms with Gasteiger partial charge in [0.05, 0.1) is 0 Å². The molecule has 2 rings (SSSR count). The molecule has 0 aromatic carbocycles. The molecule has 0 aliphatic heterocycles. The smallest absolute Gasteiger partial charge is 0.248 e. The lowest BCUT2D eigenvalue weighted by molar-refractivity contribution is -0.117. The van der Waals surface area contributed by atoms with Crippen LogP contribution in [0.25, 0.3) is 0 Å². The fourth-order valence-electron chi connectivity index (χ4n) is 1.53. The van der Waals surface area contributed by atoms with E-state index in [1.54, 1.807) is 6.92 Å². The molecule has 0 atom stereocenters.